The number of likely N-dealkylation sites (N-methyl/N-ethyl adjacent to an activating group) is 1. The van der Waals surface area contributed by atoms with Gasteiger partial charge in [0.05, 0.1) is 33.9 Å². The highest BCUT2D eigenvalue weighted by molar-refractivity contribution is 7.39. The highest BCUT2D eigenvalue weighted by Gasteiger charge is 2.09. The average Bonchev–Trinajstić information content (AvgIpc) is 2.54. The lowest BCUT2D eigenvalue weighted by atomic mass is 10.3. The van der Waals surface area contributed by atoms with Gasteiger partial charge in [-0.3, -0.25) is 4.57 Å². The Morgan fingerprint density at radius 2 is 1.41 bits per heavy atom. The quantitative estimate of drug-likeness (QED) is 0.163. The van der Waals surface area contributed by atoms with Gasteiger partial charge in [0, 0.05) is 11.1 Å². The van der Waals surface area contributed by atoms with Gasteiger partial charge in [-0.25, -0.2) is 9.59 Å². The highest BCUT2D eigenvalue weighted by Crippen LogP contribution is 2.21. The van der Waals surface area contributed by atoms with Gasteiger partial charge in [0.15, 0.2) is 8.03 Å². The van der Waals surface area contributed by atoms with Crippen molar-refractivity contribution < 1.29 is 32.6 Å². The lowest BCUT2D eigenvalue weighted by Crippen LogP contribution is -2.37. The zero-order chi connectivity index (χ0) is 21.5. The van der Waals surface area contributed by atoms with Crippen molar-refractivity contribution in [1.29, 1.82) is 0 Å². The van der Waals surface area contributed by atoms with E-state index >= 15 is 0 Å². The van der Waals surface area contributed by atoms with Gasteiger partial charge in [0.1, 0.15) is 19.8 Å². The first kappa shape index (κ1) is 27.8. The second-order valence-corrected chi connectivity index (χ2v) is 8.70. The molecule has 0 spiro atoms. The molecule has 0 bridgehead atoms. The lowest BCUT2D eigenvalue weighted by molar-refractivity contribution is -0.870. The van der Waals surface area contributed by atoms with Gasteiger partial charge in [0.25, 0.3) is 0 Å². The highest BCUT2D eigenvalue weighted by atomic mass is 31.1. The molecular formula is C19H37NO6P+. The summed E-state index contributed by atoms with van der Waals surface area (Å²) in [4.78, 5) is 21.7. The summed E-state index contributed by atoms with van der Waals surface area (Å²) in [5, 5.41) is 0. The molecule has 0 saturated carbocycles. The molecule has 0 aromatic heterocycles. The summed E-state index contributed by atoms with van der Waals surface area (Å²) in [5.74, 6) is -0.736. The molecule has 0 aliphatic heterocycles. The molecule has 0 fully saturated rings. The smallest absolute Gasteiger partial charge is 0.333 e. The molecule has 8 heteroatoms. The summed E-state index contributed by atoms with van der Waals surface area (Å²) in [6, 6.07) is 0. The zero-order valence-electron chi connectivity index (χ0n) is 17.8. The summed E-state index contributed by atoms with van der Waals surface area (Å²) in [5.41, 5.74) is 0.812. The van der Waals surface area contributed by atoms with E-state index in [1.807, 2.05) is 21.1 Å². The monoisotopic (exact) mass is 406 g/mol. The topological polar surface area (TPSA) is 78.9 Å². The number of quaternary nitrogens is 1. The van der Waals surface area contributed by atoms with Gasteiger partial charge in [-0.2, -0.15) is 0 Å². The number of nitrogens with zero attached hydrogens (tertiary/aromatic N) is 1. The van der Waals surface area contributed by atoms with Crippen LogP contribution in [0.4, 0.5) is 0 Å². The molecule has 1 unspecified atom stereocenters. The van der Waals surface area contributed by atoms with E-state index in [0.717, 1.165) is 23.9 Å². The van der Waals surface area contributed by atoms with E-state index in [1.54, 1.807) is 13.8 Å². The van der Waals surface area contributed by atoms with Gasteiger partial charge in [-0.05, 0) is 20.3 Å². The maximum Gasteiger partial charge on any atom is 0.333 e. The van der Waals surface area contributed by atoms with Gasteiger partial charge in [0.2, 0.25) is 0 Å². The molecule has 0 amide bonds. The third-order valence-corrected chi connectivity index (χ3v) is 4.13. The van der Waals surface area contributed by atoms with E-state index in [9.17, 15) is 14.2 Å². The maximum atomic E-state index is 11.4. The Balaban J connectivity index is 0. The fourth-order valence-corrected chi connectivity index (χ4v) is 2.02. The fourth-order valence-electron chi connectivity index (χ4n) is 1.29. The Bertz CT molecular complexity index is 511. The predicted molar refractivity (Wildman–Crippen MR) is 109 cm³/mol. The molecule has 7 nitrogen and oxygen atoms in total. The molecule has 0 aromatic rings. The molecule has 0 aliphatic rings. The van der Waals surface area contributed by atoms with Crippen molar-refractivity contribution in [3.05, 3.63) is 24.3 Å². The van der Waals surface area contributed by atoms with Crippen molar-refractivity contribution in [3.8, 4) is 0 Å². The SMILES string of the molecule is C=C(C)C(=O)OCCCC.C=C(C)C(=O)OCC[PH](=O)OCC[N+](C)(C)C. The summed E-state index contributed by atoms with van der Waals surface area (Å²) in [6.45, 7) is 14.1. The number of carbonyl (C=O) groups is 2. The molecular weight excluding hydrogens is 369 g/mol. The third-order valence-electron chi connectivity index (χ3n) is 2.99. The second-order valence-electron chi connectivity index (χ2n) is 7.17. The van der Waals surface area contributed by atoms with E-state index in [2.05, 4.69) is 20.1 Å². The Morgan fingerprint density at radius 1 is 0.926 bits per heavy atom. The van der Waals surface area contributed by atoms with Crippen LogP contribution in [0.15, 0.2) is 24.3 Å². The first-order valence-corrected chi connectivity index (χ1v) is 10.5. The van der Waals surface area contributed by atoms with Gasteiger partial charge in [-0.1, -0.05) is 26.5 Å². The van der Waals surface area contributed by atoms with Crippen LogP contribution in [-0.4, -0.2) is 70.1 Å². The van der Waals surface area contributed by atoms with Crippen molar-refractivity contribution in [3.63, 3.8) is 0 Å². The van der Waals surface area contributed by atoms with Gasteiger partial charge in [-0.15, -0.1) is 0 Å². The van der Waals surface area contributed by atoms with Crippen LogP contribution in [0.25, 0.3) is 0 Å². The van der Waals surface area contributed by atoms with E-state index in [1.165, 1.54) is 0 Å². The van der Waals surface area contributed by atoms with E-state index in [0.29, 0.717) is 24.4 Å². The number of rotatable bonds is 12. The molecule has 0 heterocycles. The second kappa shape index (κ2) is 15.6. The lowest BCUT2D eigenvalue weighted by Gasteiger charge is -2.23. The number of unbranched alkanes of at least 4 members (excludes halogenated alkanes) is 1. The predicted octanol–water partition coefficient (Wildman–Crippen LogP) is 3.21. The number of esters is 2. The zero-order valence-corrected chi connectivity index (χ0v) is 18.8. The van der Waals surface area contributed by atoms with Crippen molar-refractivity contribution in [2.75, 3.05) is 53.7 Å². The van der Waals surface area contributed by atoms with Gasteiger partial charge < -0.3 is 18.5 Å². The molecule has 0 N–H and O–H groups in total. The van der Waals surface area contributed by atoms with Crippen LogP contribution in [-0.2, 0) is 28.2 Å². The third kappa shape index (κ3) is 20.7. The Kier molecular flexibility index (Phi) is 16.1. The van der Waals surface area contributed by atoms with Crippen LogP contribution < -0.4 is 0 Å². The summed E-state index contributed by atoms with van der Waals surface area (Å²) < 4.78 is 27.0. The van der Waals surface area contributed by atoms with E-state index in [4.69, 9.17) is 14.0 Å². The molecule has 158 valence electrons. The summed E-state index contributed by atoms with van der Waals surface area (Å²) in [7, 11) is 4.01. The van der Waals surface area contributed by atoms with Gasteiger partial charge >= 0.3 is 11.9 Å². The molecule has 27 heavy (non-hydrogen) atoms. The first-order valence-electron chi connectivity index (χ1n) is 9.02. The van der Waals surface area contributed by atoms with Crippen LogP contribution in [0, 0.1) is 0 Å². The molecule has 0 aliphatic carbocycles. The number of carbonyl (C=O) groups excluding carboxylic acids is 2. The van der Waals surface area contributed by atoms with Crippen molar-refractivity contribution in [1.82, 2.24) is 0 Å². The van der Waals surface area contributed by atoms with Crippen LogP contribution in [0.2, 0.25) is 0 Å². The molecule has 0 aromatic carbocycles. The Morgan fingerprint density at radius 3 is 1.81 bits per heavy atom. The summed E-state index contributed by atoms with van der Waals surface area (Å²) in [6.07, 6.45) is 2.24. The number of hydrogen-bond donors (Lipinski definition) is 0. The number of hydrogen-bond acceptors (Lipinski definition) is 6. The molecule has 0 rings (SSSR count). The minimum Gasteiger partial charge on any atom is -0.462 e. The largest absolute Gasteiger partial charge is 0.462 e. The van der Waals surface area contributed by atoms with Crippen molar-refractivity contribution in [2.24, 2.45) is 0 Å². The van der Waals surface area contributed by atoms with Crippen LogP contribution >= 0.6 is 8.03 Å². The number of ether oxygens (including phenoxy) is 2. The summed E-state index contributed by atoms with van der Waals surface area (Å²) >= 11 is 0. The van der Waals surface area contributed by atoms with Crippen LogP contribution in [0.5, 0.6) is 0 Å². The van der Waals surface area contributed by atoms with E-state index < -0.39 is 14.0 Å². The molecule has 0 radical (unpaired) electrons. The standard InChI is InChI=1S/C11H23NO4P.C8H14O2/c1-10(2)11(13)15-8-9-17(14)16-7-6-12(3,4)5;1-4-5-6-10-8(9)7(2)3/h17H,1,6-9H2,2-5H3;2,4-6H2,1,3H3/q+1;. The molecule has 1 atom stereocenters. The minimum atomic E-state index is -2.10. The van der Waals surface area contributed by atoms with Crippen molar-refractivity contribution >= 4 is 20.0 Å². The normalized spacial score (nSPS) is 11.6. The maximum absolute atomic E-state index is 11.4. The van der Waals surface area contributed by atoms with Crippen LogP contribution in [0.3, 0.4) is 0 Å². The first-order chi connectivity index (χ1) is 12.4. The van der Waals surface area contributed by atoms with Crippen molar-refractivity contribution in [2.45, 2.75) is 33.6 Å². The Labute approximate surface area is 164 Å². The fraction of sp³-hybridized carbons (Fsp3) is 0.684. The average molecular weight is 406 g/mol. The van der Waals surface area contributed by atoms with E-state index in [-0.39, 0.29) is 18.7 Å². The Hall–Kier alpha value is -1.43. The minimum absolute atomic E-state index is 0.119. The van der Waals surface area contributed by atoms with Crippen LogP contribution in [0.1, 0.15) is 33.6 Å². The molecule has 0 saturated heterocycles.